The maximum atomic E-state index is 12.4. The van der Waals surface area contributed by atoms with Gasteiger partial charge in [0.1, 0.15) is 0 Å². The molecular formula is C17H18N4O4S. The molecule has 0 saturated heterocycles. The summed E-state index contributed by atoms with van der Waals surface area (Å²) in [5.41, 5.74) is 0.135. The van der Waals surface area contributed by atoms with Crippen molar-refractivity contribution in [3.63, 3.8) is 0 Å². The standard InChI is InChI=1S/C17H18N4O4S/c1-19-16(22)21(17(23)20(19)2)14-8-10-15(11-9-14)26(24,25)18-12-13-6-4-3-5-7-13/h3-11,18H,12H2,1-2H3. The summed E-state index contributed by atoms with van der Waals surface area (Å²) in [6.45, 7) is 0.170. The number of nitrogens with one attached hydrogen (secondary N) is 1. The highest BCUT2D eigenvalue weighted by molar-refractivity contribution is 7.89. The Bertz CT molecular complexity index is 1110. The van der Waals surface area contributed by atoms with E-state index >= 15 is 0 Å². The van der Waals surface area contributed by atoms with E-state index in [1.807, 2.05) is 30.3 Å². The first-order valence-electron chi connectivity index (χ1n) is 7.80. The largest absolute Gasteiger partial charge is 0.351 e. The van der Waals surface area contributed by atoms with Gasteiger partial charge in [-0.15, -0.1) is 0 Å². The molecule has 0 atom stereocenters. The third-order valence-electron chi connectivity index (χ3n) is 4.10. The van der Waals surface area contributed by atoms with Gasteiger partial charge in [-0.25, -0.2) is 36.7 Å². The van der Waals surface area contributed by atoms with Crippen LogP contribution in [-0.4, -0.2) is 22.3 Å². The summed E-state index contributed by atoms with van der Waals surface area (Å²) in [6, 6.07) is 14.7. The Balaban J connectivity index is 1.87. The first-order chi connectivity index (χ1) is 12.3. The predicted molar refractivity (Wildman–Crippen MR) is 96.7 cm³/mol. The zero-order valence-electron chi connectivity index (χ0n) is 14.3. The number of sulfonamides is 1. The van der Waals surface area contributed by atoms with E-state index in [0.29, 0.717) is 5.69 Å². The molecule has 2 aromatic carbocycles. The quantitative estimate of drug-likeness (QED) is 0.697. The van der Waals surface area contributed by atoms with Crippen molar-refractivity contribution in [2.75, 3.05) is 0 Å². The summed E-state index contributed by atoms with van der Waals surface area (Å²) >= 11 is 0. The summed E-state index contributed by atoms with van der Waals surface area (Å²) in [5, 5.41) is 0. The summed E-state index contributed by atoms with van der Waals surface area (Å²) in [7, 11) is -0.749. The van der Waals surface area contributed by atoms with Gasteiger partial charge in [-0.05, 0) is 29.8 Å². The van der Waals surface area contributed by atoms with E-state index in [1.165, 1.54) is 47.7 Å². The number of nitrogens with zero attached hydrogens (tertiary/aromatic N) is 3. The second kappa shape index (κ2) is 6.77. The van der Waals surface area contributed by atoms with Gasteiger partial charge in [-0.1, -0.05) is 30.3 Å². The smallest absolute Gasteiger partial charge is 0.246 e. The van der Waals surface area contributed by atoms with E-state index in [4.69, 9.17) is 0 Å². The van der Waals surface area contributed by atoms with E-state index in [2.05, 4.69) is 4.72 Å². The van der Waals surface area contributed by atoms with Gasteiger partial charge in [0.2, 0.25) is 10.0 Å². The average Bonchev–Trinajstić information content (AvgIpc) is 2.84. The van der Waals surface area contributed by atoms with Crippen molar-refractivity contribution in [1.82, 2.24) is 18.7 Å². The molecule has 0 aliphatic rings. The Morgan fingerprint density at radius 1 is 0.846 bits per heavy atom. The molecule has 0 radical (unpaired) electrons. The number of benzene rings is 2. The molecule has 0 amide bonds. The number of hydrogen-bond acceptors (Lipinski definition) is 4. The molecule has 3 rings (SSSR count). The summed E-state index contributed by atoms with van der Waals surface area (Å²) in [4.78, 5) is 24.3. The van der Waals surface area contributed by atoms with Crippen molar-refractivity contribution >= 4 is 10.0 Å². The van der Waals surface area contributed by atoms with E-state index in [0.717, 1.165) is 10.1 Å². The van der Waals surface area contributed by atoms with Crippen LogP contribution in [0.1, 0.15) is 5.56 Å². The lowest BCUT2D eigenvalue weighted by molar-refractivity contribution is 0.565. The Hall–Kier alpha value is -2.91. The van der Waals surface area contributed by atoms with Crippen LogP contribution in [-0.2, 0) is 30.7 Å². The molecule has 9 heteroatoms. The zero-order valence-corrected chi connectivity index (χ0v) is 15.1. The average molecular weight is 374 g/mol. The topological polar surface area (TPSA) is 95.1 Å². The number of aromatic nitrogens is 3. The highest BCUT2D eigenvalue weighted by atomic mass is 32.2. The predicted octanol–water partition coefficient (Wildman–Crippen LogP) is 0.353. The van der Waals surface area contributed by atoms with Crippen LogP contribution in [0.2, 0.25) is 0 Å². The lowest BCUT2D eigenvalue weighted by Gasteiger charge is -2.07. The molecule has 1 N–H and O–H groups in total. The molecule has 1 aromatic heterocycles. The van der Waals surface area contributed by atoms with Gasteiger partial charge in [-0.2, -0.15) is 0 Å². The molecule has 0 aliphatic heterocycles. The molecule has 0 saturated carbocycles. The molecule has 136 valence electrons. The first kappa shape index (κ1) is 17.9. The lowest BCUT2D eigenvalue weighted by Crippen LogP contribution is -2.27. The fourth-order valence-electron chi connectivity index (χ4n) is 2.48. The molecule has 0 aliphatic carbocycles. The van der Waals surface area contributed by atoms with Crippen molar-refractivity contribution < 1.29 is 8.42 Å². The maximum absolute atomic E-state index is 12.4. The minimum Gasteiger partial charge on any atom is -0.246 e. The van der Waals surface area contributed by atoms with Crippen LogP contribution in [0.25, 0.3) is 5.69 Å². The van der Waals surface area contributed by atoms with Gasteiger partial charge >= 0.3 is 11.4 Å². The zero-order chi connectivity index (χ0) is 18.9. The van der Waals surface area contributed by atoms with Crippen LogP contribution in [0.15, 0.2) is 69.1 Å². The van der Waals surface area contributed by atoms with Crippen LogP contribution in [0.3, 0.4) is 0 Å². The summed E-state index contributed by atoms with van der Waals surface area (Å²) in [5.74, 6) is 0. The Labute approximate surface area is 150 Å². The van der Waals surface area contributed by atoms with Gasteiger partial charge in [0.25, 0.3) is 0 Å². The molecule has 8 nitrogen and oxygen atoms in total. The molecular weight excluding hydrogens is 356 g/mol. The second-order valence-electron chi connectivity index (χ2n) is 5.75. The summed E-state index contributed by atoms with van der Waals surface area (Å²) < 4.78 is 30.6. The number of hydrogen-bond donors (Lipinski definition) is 1. The Morgan fingerprint density at radius 3 is 1.92 bits per heavy atom. The van der Waals surface area contributed by atoms with Crippen molar-refractivity contribution in [3.05, 3.63) is 81.1 Å². The normalized spacial score (nSPS) is 11.6. The molecule has 0 fully saturated rings. The van der Waals surface area contributed by atoms with Gasteiger partial charge < -0.3 is 0 Å². The van der Waals surface area contributed by atoms with Crippen LogP contribution < -0.4 is 16.1 Å². The van der Waals surface area contributed by atoms with Gasteiger partial charge in [0, 0.05) is 20.6 Å². The van der Waals surface area contributed by atoms with E-state index in [9.17, 15) is 18.0 Å². The highest BCUT2D eigenvalue weighted by Gasteiger charge is 2.16. The highest BCUT2D eigenvalue weighted by Crippen LogP contribution is 2.12. The molecule has 3 aromatic rings. The fraction of sp³-hybridized carbons (Fsp3) is 0.176. The monoisotopic (exact) mass is 374 g/mol. The van der Waals surface area contributed by atoms with Gasteiger partial charge in [0.05, 0.1) is 10.6 Å². The van der Waals surface area contributed by atoms with Crippen molar-refractivity contribution in [2.24, 2.45) is 14.1 Å². The van der Waals surface area contributed by atoms with Crippen molar-refractivity contribution in [2.45, 2.75) is 11.4 Å². The van der Waals surface area contributed by atoms with Crippen LogP contribution in [0.5, 0.6) is 0 Å². The minimum atomic E-state index is -3.71. The van der Waals surface area contributed by atoms with Gasteiger partial charge in [0.15, 0.2) is 0 Å². The Morgan fingerprint density at radius 2 is 1.38 bits per heavy atom. The molecule has 1 heterocycles. The van der Waals surface area contributed by atoms with Crippen LogP contribution >= 0.6 is 0 Å². The summed E-state index contributed by atoms with van der Waals surface area (Å²) in [6.07, 6.45) is 0. The molecule has 0 spiro atoms. The van der Waals surface area contributed by atoms with Gasteiger partial charge in [-0.3, -0.25) is 0 Å². The second-order valence-corrected chi connectivity index (χ2v) is 7.52. The third kappa shape index (κ3) is 3.26. The minimum absolute atomic E-state index is 0.0537. The van der Waals surface area contributed by atoms with E-state index in [-0.39, 0.29) is 11.4 Å². The Kier molecular flexibility index (Phi) is 4.66. The fourth-order valence-corrected chi connectivity index (χ4v) is 3.50. The van der Waals surface area contributed by atoms with E-state index < -0.39 is 21.4 Å². The van der Waals surface area contributed by atoms with E-state index in [1.54, 1.807) is 0 Å². The molecule has 0 unspecified atom stereocenters. The SMILES string of the molecule is Cn1c(=O)n(-c2ccc(S(=O)(=O)NCc3ccccc3)cc2)c(=O)n1C. The van der Waals surface area contributed by atoms with Crippen molar-refractivity contribution in [3.8, 4) is 5.69 Å². The van der Waals surface area contributed by atoms with Crippen molar-refractivity contribution in [1.29, 1.82) is 0 Å². The third-order valence-corrected chi connectivity index (χ3v) is 5.52. The number of rotatable bonds is 5. The molecule has 0 bridgehead atoms. The first-order valence-corrected chi connectivity index (χ1v) is 9.28. The lowest BCUT2D eigenvalue weighted by atomic mass is 10.2. The van der Waals surface area contributed by atoms with Crippen LogP contribution in [0.4, 0.5) is 0 Å². The van der Waals surface area contributed by atoms with Crippen LogP contribution in [0, 0.1) is 0 Å². The molecule has 26 heavy (non-hydrogen) atoms. The maximum Gasteiger partial charge on any atom is 0.351 e.